The normalized spacial score (nSPS) is 21.2. The second-order valence-electron chi connectivity index (χ2n) is 4.72. The smallest absolute Gasteiger partial charge is 0.258 e. The van der Waals surface area contributed by atoms with Gasteiger partial charge in [-0.1, -0.05) is 12.5 Å². The van der Waals surface area contributed by atoms with Gasteiger partial charge in [-0.05, 0) is 25.8 Å². The molecule has 6 nitrogen and oxygen atoms in total. The highest BCUT2D eigenvalue weighted by Gasteiger charge is 2.31. The lowest BCUT2D eigenvalue weighted by molar-refractivity contribution is -0.385. The van der Waals surface area contributed by atoms with Crippen LogP contribution in [0.25, 0.3) is 0 Å². The third-order valence-electron chi connectivity index (χ3n) is 3.38. The number of nitro groups is 1. The molecule has 2 rings (SSSR count). The van der Waals surface area contributed by atoms with E-state index in [0.29, 0.717) is 6.54 Å². The first kappa shape index (κ1) is 14.0. The fourth-order valence-corrected chi connectivity index (χ4v) is 4.06. The minimum absolute atomic E-state index is 0.00421. The maximum atomic E-state index is 12.5. The van der Waals surface area contributed by atoms with E-state index in [2.05, 4.69) is 0 Å². The first-order valence-electron chi connectivity index (χ1n) is 6.19. The monoisotopic (exact) mass is 284 g/mol. The summed E-state index contributed by atoms with van der Waals surface area (Å²) in [4.78, 5) is 10.1. The first-order valence-corrected chi connectivity index (χ1v) is 7.63. The van der Waals surface area contributed by atoms with Gasteiger partial charge in [0.05, 0.1) is 9.82 Å². The van der Waals surface area contributed by atoms with E-state index in [-0.39, 0.29) is 16.6 Å². The minimum Gasteiger partial charge on any atom is -0.258 e. The SMILES string of the molecule is C[C@H]1CCCCN1S(=O)(=O)c1cccc([N+](=O)[O-])c1. The van der Waals surface area contributed by atoms with Gasteiger partial charge in [0.1, 0.15) is 0 Å². The molecule has 1 heterocycles. The summed E-state index contributed by atoms with van der Waals surface area (Å²) in [7, 11) is -3.64. The molecule has 1 aliphatic rings. The maximum Gasteiger partial charge on any atom is 0.270 e. The number of rotatable bonds is 3. The van der Waals surface area contributed by atoms with Gasteiger partial charge in [0.15, 0.2) is 0 Å². The zero-order valence-corrected chi connectivity index (χ0v) is 11.5. The van der Waals surface area contributed by atoms with Crippen LogP contribution < -0.4 is 0 Å². The van der Waals surface area contributed by atoms with Gasteiger partial charge in [0, 0.05) is 24.7 Å². The Bertz CT molecular complexity index is 585. The number of sulfonamides is 1. The Morgan fingerprint density at radius 1 is 1.37 bits per heavy atom. The van der Waals surface area contributed by atoms with Crippen LogP contribution in [-0.4, -0.2) is 30.2 Å². The molecule has 0 amide bonds. The molecule has 7 heteroatoms. The van der Waals surface area contributed by atoms with Crippen LogP contribution in [0.4, 0.5) is 5.69 Å². The van der Waals surface area contributed by atoms with Crippen molar-refractivity contribution in [2.24, 2.45) is 0 Å². The van der Waals surface area contributed by atoms with Crippen molar-refractivity contribution in [1.82, 2.24) is 4.31 Å². The summed E-state index contributed by atoms with van der Waals surface area (Å²) < 4.78 is 26.4. The van der Waals surface area contributed by atoms with Crippen molar-refractivity contribution in [1.29, 1.82) is 0 Å². The Balaban J connectivity index is 2.38. The molecule has 1 aromatic carbocycles. The molecule has 0 saturated carbocycles. The molecule has 1 saturated heterocycles. The van der Waals surface area contributed by atoms with Crippen LogP contribution >= 0.6 is 0 Å². The number of benzene rings is 1. The van der Waals surface area contributed by atoms with E-state index in [9.17, 15) is 18.5 Å². The largest absolute Gasteiger partial charge is 0.270 e. The third kappa shape index (κ3) is 2.76. The molecule has 0 spiro atoms. The van der Waals surface area contributed by atoms with E-state index in [1.807, 2.05) is 6.92 Å². The summed E-state index contributed by atoms with van der Waals surface area (Å²) in [6.07, 6.45) is 2.68. The number of nitro benzene ring substituents is 1. The second kappa shape index (κ2) is 5.26. The second-order valence-corrected chi connectivity index (χ2v) is 6.61. The van der Waals surface area contributed by atoms with Gasteiger partial charge in [0.2, 0.25) is 10.0 Å². The van der Waals surface area contributed by atoms with E-state index in [4.69, 9.17) is 0 Å². The Labute approximate surface area is 112 Å². The molecule has 1 atom stereocenters. The van der Waals surface area contributed by atoms with Gasteiger partial charge < -0.3 is 0 Å². The minimum atomic E-state index is -3.64. The molecule has 0 aromatic heterocycles. The summed E-state index contributed by atoms with van der Waals surface area (Å²) in [5.41, 5.74) is -0.203. The van der Waals surface area contributed by atoms with E-state index >= 15 is 0 Å². The molecule has 0 radical (unpaired) electrons. The number of non-ortho nitro benzene ring substituents is 1. The molecule has 104 valence electrons. The van der Waals surface area contributed by atoms with Crippen LogP contribution in [-0.2, 0) is 10.0 Å². The van der Waals surface area contributed by atoms with Crippen LogP contribution in [0.3, 0.4) is 0 Å². The predicted molar refractivity (Wildman–Crippen MR) is 70.3 cm³/mol. The molecule has 0 N–H and O–H groups in total. The Kier molecular flexibility index (Phi) is 3.86. The number of nitrogens with zero attached hydrogens (tertiary/aromatic N) is 2. The molecule has 1 aliphatic heterocycles. The quantitative estimate of drug-likeness (QED) is 0.629. The zero-order valence-electron chi connectivity index (χ0n) is 10.7. The average Bonchev–Trinajstić information content (AvgIpc) is 2.39. The first-order chi connectivity index (χ1) is 8.93. The van der Waals surface area contributed by atoms with Crippen molar-refractivity contribution in [3.05, 3.63) is 34.4 Å². The third-order valence-corrected chi connectivity index (χ3v) is 5.39. The highest BCUT2D eigenvalue weighted by molar-refractivity contribution is 7.89. The van der Waals surface area contributed by atoms with Gasteiger partial charge >= 0.3 is 0 Å². The van der Waals surface area contributed by atoms with E-state index in [1.54, 1.807) is 0 Å². The Hall–Kier alpha value is -1.47. The number of piperidine rings is 1. The van der Waals surface area contributed by atoms with Crippen molar-refractivity contribution in [3.63, 3.8) is 0 Å². The fraction of sp³-hybridized carbons (Fsp3) is 0.500. The zero-order chi connectivity index (χ0) is 14.0. The standard InChI is InChI=1S/C12H16N2O4S/c1-10-5-2-3-8-13(10)19(17,18)12-7-4-6-11(9-12)14(15)16/h4,6-7,9-10H,2-3,5,8H2,1H3/t10-/m0/s1. The Morgan fingerprint density at radius 3 is 2.74 bits per heavy atom. The summed E-state index contributed by atoms with van der Waals surface area (Å²) in [6.45, 7) is 2.35. The average molecular weight is 284 g/mol. The van der Waals surface area contributed by atoms with Crippen molar-refractivity contribution in [2.45, 2.75) is 37.1 Å². The summed E-state index contributed by atoms with van der Waals surface area (Å²) in [6, 6.07) is 5.16. The maximum absolute atomic E-state index is 12.5. The molecular formula is C12H16N2O4S. The summed E-state index contributed by atoms with van der Waals surface area (Å²) >= 11 is 0. The van der Waals surface area contributed by atoms with Crippen molar-refractivity contribution in [3.8, 4) is 0 Å². The van der Waals surface area contributed by atoms with E-state index < -0.39 is 14.9 Å². The highest BCUT2D eigenvalue weighted by Crippen LogP contribution is 2.26. The topological polar surface area (TPSA) is 80.5 Å². The number of hydrogen-bond donors (Lipinski definition) is 0. The van der Waals surface area contributed by atoms with Gasteiger partial charge in [-0.2, -0.15) is 4.31 Å². The lowest BCUT2D eigenvalue weighted by Crippen LogP contribution is -2.41. The number of hydrogen-bond acceptors (Lipinski definition) is 4. The predicted octanol–water partition coefficient (Wildman–Crippen LogP) is 2.16. The van der Waals surface area contributed by atoms with E-state index in [0.717, 1.165) is 25.3 Å². The van der Waals surface area contributed by atoms with Gasteiger partial charge in [-0.3, -0.25) is 10.1 Å². The van der Waals surface area contributed by atoms with Crippen molar-refractivity contribution >= 4 is 15.7 Å². The lowest BCUT2D eigenvalue weighted by atomic mass is 10.1. The fourth-order valence-electron chi connectivity index (χ4n) is 2.32. The lowest BCUT2D eigenvalue weighted by Gasteiger charge is -2.32. The molecule has 0 bridgehead atoms. The Morgan fingerprint density at radius 2 is 2.11 bits per heavy atom. The van der Waals surface area contributed by atoms with Crippen LogP contribution in [0, 0.1) is 10.1 Å². The van der Waals surface area contributed by atoms with Gasteiger partial charge in [-0.15, -0.1) is 0 Å². The molecule has 0 unspecified atom stereocenters. The molecule has 19 heavy (non-hydrogen) atoms. The summed E-state index contributed by atoms with van der Waals surface area (Å²) in [5.74, 6) is 0. The van der Waals surface area contributed by atoms with Gasteiger partial charge in [-0.25, -0.2) is 8.42 Å². The van der Waals surface area contributed by atoms with Crippen LogP contribution in [0.5, 0.6) is 0 Å². The van der Waals surface area contributed by atoms with Crippen molar-refractivity contribution in [2.75, 3.05) is 6.54 Å². The van der Waals surface area contributed by atoms with Crippen LogP contribution in [0.15, 0.2) is 29.2 Å². The molecule has 1 fully saturated rings. The van der Waals surface area contributed by atoms with Crippen LogP contribution in [0.2, 0.25) is 0 Å². The molecule has 0 aliphatic carbocycles. The van der Waals surface area contributed by atoms with Gasteiger partial charge in [0.25, 0.3) is 5.69 Å². The summed E-state index contributed by atoms with van der Waals surface area (Å²) in [5, 5.41) is 10.7. The van der Waals surface area contributed by atoms with Crippen LogP contribution in [0.1, 0.15) is 26.2 Å². The molecular weight excluding hydrogens is 268 g/mol. The van der Waals surface area contributed by atoms with Crippen molar-refractivity contribution < 1.29 is 13.3 Å². The molecule has 1 aromatic rings. The van der Waals surface area contributed by atoms with E-state index in [1.165, 1.54) is 22.5 Å². The highest BCUT2D eigenvalue weighted by atomic mass is 32.2.